The Bertz CT molecular complexity index is 600. The number of nitrogens with two attached hydrogens (primary N) is 1. The highest BCUT2D eigenvalue weighted by molar-refractivity contribution is 7.81. The lowest BCUT2D eigenvalue weighted by molar-refractivity contribution is -0.147. The fourth-order valence-corrected chi connectivity index (χ4v) is 2.44. The first-order valence-electron chi connectivity index (χ1n) is 8.61. The Labute approximate surface area is 167 Å². The van der Waals surface area contributed by atoms with Gasteiger partial charge in [-0.2, -0.15) is 12.6 Å². The van der Waals surface area contributed by atoms with Gasteiger partial charge >= 0.3 is 17.9 Å². The maximum atomic E-state index is 12.5. The van der Waals surface area contributed by atoms with E-state index in [1.165, 1.54) is 0 Å². The molecule has 0 fully saturated rings. The molecule has 0 saturated carbocycles. The van der Waals surface area contributed by atoms with Crippen LogP contribution in [0.2, 0.25) is 0 Å². The molecule has 0 aliphatic rings. The molecular weight excluding hydrogens is 394 g/mol. The third kappa shape index (κ3) is 9.04. The molecule has 0 radical (unpaired) electrons. The Balaban J connectivity index is 5.17. The SMILES string of the molecule is CC[C@H](C)[C@H](NC(=O)[C@@H](S)[C@@H](N)CCC(=O)O)C(=O)N[C@@H](CC(=O)O)C(=O)O. The van der Waals surface area contributed by atoms with Crippen LogP contribution < -0.4 is 16.4 Å². The van der Waals surface area contributed by atoms with Crippen LogP contribution in [0.3, 0.4) is 0 Å². The molecule has 0 heterocycles. The molecule has 0 aliphatic heterocycles. The number of carboxylic acids is 3. The van der Waals surface area contributed by atoms with E-state index >= 15 is 0 Å². The first-order valence-corrected chi connectivity index (χ1v) is 9.13. The number of amides is 2. The van der Waals surface area contributed by atoms with Crippen molar-refractivity contribution < 1.29 is 39.3 Å². The van der Waals surface area contributed by atoms with Crippen molar-refractivity contribution >= 4 is 42.4 Å². The molecule has 0 rings (SSSR count). The van der Waals surface area contributed by atoms with Crippen molar-refractivity contribution in [3.8, 4) is 0 Å². The van der Waals surface area contributed by atoms with Crippen molar-refractivity contribution in [2.45, 2.75) is 62.9 Å². The third-order valence-corrected chi connectivity index (χ3v) is 4.77. The van der Waals surface area contributed by atoms with E-state index in [-0.39, 0.29) is 12.8 Å². The van der Waals surface area contributed by atoms with E-state index < -0.39 is 65.4 Å². The number of rotatable bonds is 13. The summed E-state index contributed by atoms with van der Waals surface area (Å²) < 4.78 is 0. The van der Waals surface area contributed by atoms with E-state index in [1.807, 2.05) is 0 Å². The van der Waals surface area contributed by atoms with Crippen LogP contribution in [-0.4, -0.2) is 68.4 Å². The summed E-state index contributed by atoms with van der Waals surface area (Å²) in [4.78, 5) is 57.3. The topological polar surface area (TPSA) is 196 Å². The van der Waals surface area contributed by atoms with Crippen molar-refractivity contribution in [2.24, 2.45) is 11.7 Å². The maximum absolute atomic E-state index is 12.5. The van der Waals surface area contributed by atoms with Gasteiger partial charge in [-0.3, -0.25) is 19.2 Å². The quantitative estimate of drug-likeness (QED) is 0.183. The summed E-state index contributed by atoms with van der Waals surface area (Å²) in [5.74, 6) is -5.97. The molecule has 0 aliphatic carbocycles. The van der Waals surface area contributed by atoms with Gasteiger partial charge in [-0.15, -0.1) is 0 Å². The minimum absolute atomic E-state index is 0.00316. The first-order chi connectivity index (χ1) is 12.9. The Morgan fingerprint density at radius 2 is 1.57 bits per heavy atom. The number of thiol groups is 1. The number of carbonyl (C=O) groups is 5. The molecule has 11 nitrogen and oxygen atoms in total. The monoisotopic (exact) mass is 421 g/mol. The van der Waals surface area contributed by atoms with Gasteiger partial charge in [-0.1, -0.05) is 20.3 Å². The number of carboxylic acid groups (broad SMARTS) is 3. The zero-order valence-corrected chi connectivity index (χ0v) is 16.5. The number of hydrogen-bond acceptors (Lipinski definition) is 7. The summed E-state index contributed by atoms with van der Waals surface area (Å²) in [5.41, 5.74) is 5.76. The predicted molar refractivity (Wildman–Crippen MR) is 101 cm³/mol. The third-order valence-electron chi connectivity index (χ3n) is 4.15. The van der Waals surface area contributed by atoms with Gasteiger partial charge in [-0.25, -0.2) is 4.79 Å². The van der Waals surface area contributed by atoms with Crippen molar-refractivity contribution in [3.63, 3.8) is 0 Å². The Hall–Kier alpha value is -2.34. The van der Waals surface area contributed by atoms with E-state index in [4.69, 9.17) is 21.1 Å². The second kappa shape index (κ2) is 12.2. The number of carbonyl (C=O) groups excluding carboxylic acids is 2. The highest BCUT2D eigenvalue weighted by atomic mass is 32.1. The van der Waals surface area contributed by atoms with Crippen LogP contribution in [0.1, 0.15) is 39.5 Å². The minimum Gasteiger partial charge on any atom is -0.481 e. The Morgan fingerprint density at radius 3 is 2.00 bits per heavy atom. The molecule has 0 bridgehead atoms. The molecule has 0 unspecified atom stereocenters. The van der Waals surface area contributed by atoms with Gasteiger partial charge < -0.3 is 31.7 Å². The van der Waals surface area contributed by atoms with Crippen LogP contribution in [-0.2, 0) is 24.0 Å². The van der Waals surface area contributed by atoms with Gasteiger partial charge in [0.05, 0.1) is 11.7 Å². The highest BCUT2D eigenvalue weighted by Gasteiger charge is 2.33. The van der Waals surface area contributed by atoms with Crippen LogP contribution in [0.5, 0.6) is 0 Å². The summed E-state index contributed by atoms with van der Waals surface area (Å²) in [6.45, 7) is 3.40. The molecule has 0 aromatic heterocycles. The molecule has 7 N–H and O–H groups in total. The lowest BCUT2D eigenvalue weighted by Gasteiger charge is -2.27. The van der Waals surface area contributed by atoms with Gasteiger partial charge in [0, 0.05) is 12.5 Å². The van der Waals surface area contributed by atoms with Gasteiger partial charge in [0.1, 0.15) is 12.1 Å². The largest absolute Gasteiger partial charge is 0.481 e. The van der Waals surface area contributed by atoms with Crippen molar-refractivity contribution in [1.82, 2.24) is 10.6 Å². The van der Waals surface area contributed by atoms with E-state index in [1.54, 1.807) is 13.8 Å². The fourth-order valence-electron chi connectivity index (χ4n) is 2.22. The molecule has 160 valence electrons. The average molecular weight is 421 g/mol. The Morgan fingerprint density at radius 1 is 1.00 bits per heavy atom. The molecule has 0 saturated heterocycles. The van der Waals surface area contributed by atoms with E-state index in [0.29, 0.717) is 6.42 Å². The summed E-state index contributed by atoms with van der Waals surface area (Å²) in [7, 11) is 0. The van der Waals surface area contributed by atoms with Crippen LogP contribution in [0, 0.1) is 5.92 Å². The smallest absolute Gasteiger partial charge is 0.326 e. The van der Waals surface area contributed by atoms with Crippen LogP contribution in [0.15, 0.2) is 0 Å². The molecule has 12 heteroatoms. The summed E-state index contributed by atoms with van der Waals surface area (Å²) in [5, 5.41) is 29.9. The summed E-state index contributed by atoms with van der Waals surface area (Å²) in [6.07, 6.45) is -0.623. The Kier molecular flexibility index (Phi) is 11.2. The summed E-state index contributed by atoms with van der Waals surface area (Å²) in [6, 6.07) is -3.67. The van der Waals surface area contributed by atoms with Gasteiger partial charge in [0.2, 0.25) is 11.8 Å². The molecule has 0 spiro atoms. The van der Waals surface area contributed by atoms with E-state index in [9.17, 15) is 24.0 Å². The van der Waals surface area contributed by atoms with Crippen molar-refractivity contribution in [1.29, 1.82) is 0 Å². The van der Waals surface area contributed by atoms with Crippen LogP contribution in [0.4, 0.5) is 0 Å². The zero-order valence-electron chi connectivity index (χ0n) is 15.6. The zero-order chi connectivity index (χ0) is 22.0. The van der Waals surface area contributed by atoms with Gasteiger partial charge in [0.15, 0.2) is 0 Å². The standard InChI is InChI=1S/C16H27N3O8S/c1-3-7(2)12(14(24)18-9(16(26)27)6-11(22)23)19-15(25)13(28)8(17)4-5-10(20)21/h7-9,12-13,28H,3-6,17H2,1-2H3,(H,18,24)(H,19,25)(H,20,21)(H,22,23)(H,26,27)/t7-,8-,9-,12-,13-/m0/s1. The lowest BCUT2D eigenvalue weighted by Crippen LogP contribution is -2.56. The number of aliphatic carboxylic acids is 3. The molecule has 28 heavy (non-hydrogen) atoms. The normalized spacial score (nSPS) is 16.1. The fraction of sp³-hybridized carbons (Fsp3) is 0.688. The van der Waals surface area contributed by atoms with Crippen LogP contribution in [0.25, 0.3) is 0 Å². The van der Waals surface area contributed by atoms with Gasteiger partial charge in [-0.05, 0) is 12.3 Å². The van der Waals surface area contributed by atoms with Gasteiger partial charge in [0.25, 0.3) is 0 Å². The molecule has 0 aromatic rings. The first kappa shape index (κ1) is 25.7. The lowest BCUT2D eigenvalue weighted by atomic mass is 9.97. The number of nitrogens with one attached hydrogen (secondary N) is 2. The van der Waals surface area contributed by atoms with Crippen molar-refractivity contribution in [3.05, 3.63) is 0 Å². The minimum atomic E-state index is -1.65. The average Bonchev–Trinajstić information content (AvgIpc) is 2.61. The number of hydrogen-bond donors (Lipinski definition) is 7. The molecular formula is C16H27N3O8S. The predicted octanol–water partition coefficient (Wildman–Crippen LogP) is -0.948. The second-order valence-electron chi connectivity index (χ2n) is 6.41. The second-order valence-corrected chi connectivity index (χ2v) is 6.97. The van der Waals surface area contributed by atoms with E-state index in [2.05, 4.69) is 23.3 Å². The highest BCUT2D eigenvalue weighted by Crippen LogP contribution is 2.12. The molecule has 2 amide bonds. The van der Waals surface area contributed by atoms with E-state index in [0.717, 1.165) is 0 Å². The van der Waals surface area contributed by atoms with Crippen molar-refractivity contribution in [2.75, 3.05) is 0 Å². The molecule has 0 aromatic carbocycles. The van der Waals surface area contributed by atoms with Crippen LogP contribution >= 0.6 is 12.6 Å². The summed E-state index contributed by atoms with van der Waals surface area (Å²) >= 11 is 4.08. The maximum Gasteiger partial charge on any atom is 0.326 e. The molecule has 5 atom stereocenters.